The van der Waals surface area contributed by atoms with Gasteiger partial charge in [0.2, 0.25) is 0 Å². The third-order valence-electron chi connectivity index (χ3n) is 14.1. The second-order valence-electron chi connectivity index (χ2n) is 18.8. The number of benzene rings is 3. The number of amides is 1. The second-order valence-corrected chi connectivity index (χ2v) is 37.9. The number of alkyl carbamates (subject to hydrolysis) is 1. The molecule has 0 unspecified atom stereocenters. The molecule has 340 valence electrons. The van der Waals surface area contributed by atoms with Crippen molar-refractivity contribution in [2.24, 2.45) is 0 Å². The molecule has 1 N–H and O–H groups in total. The first kappa shape index (κ1) is 53.3. The van der Waals surface area contributed by atoms with Crippen LogP contribution in [0.2, 0.25) is 96.7 Å². The van der Waals surface area contributed by atoms with Gasteiger partial charge in [-0.25, -0.2) is 4.79 Å². The number of hydrogen-bond acceptors (Lipinski definition) is 2. The van der Waals surface area contributed by atoms with Crippen LogP contribution in [-0.2, 0) is 11.3 Å². The van der Waals surface area contributed by atoms with Crippen LogP contribution in [0.3, 0.4) is 0 Å². The molecule has 3 aromatic rings. The zero-order valence-electron chi connectivity index (χ0n) is 39.3. The van der Waals surface area contributed by atoms with Crippen molar-refractivity contribution >= 4 is 59.9 Å². The lowest BCUT2D eigenvalue weighted by atomic mass is 9.97. The van der Waals surface area contributed by atoms with E-state index in [-0.39, 0.29) is 12.7 Å². The van der Waals surface area contributed by atoms with Gasteiger partial charge in [-0.1, -0.05) is 171 Å². The standard InChI is InChI=1S/C56H83NO2Si4/c1-10-33-60(34-11-2,35-12-3)43-25-46-63(47-26-44-61(36-13-4,37-14-5)38-15-6,48-27-45-62(39-16-7,40-17-8)41-18-9)42-24-23-32-57-56(58)59-50-55-53-30-21-19-28-51(53)49-52-29-20-22-31-54(52)55/h10-22,28-31,49H,1-9,23-27,32-48,50H2,(H,57,58). The first-order valence-corrected chi connectivity index (χ1v) is 35.2. The number of hydrogen-bond donors (Lipinski definition) is 1. The molecule has 3 nitrogen and oxygen atoms in total. The molecule has 63 heavy (non-hydrogen) atoms. The summed E-state index contributed by atoms with van der Waals surface area (Å²) in [7, 11) is -6.74. The molecule has 3 rings (SSSR count). The summed E-state index contributed by atoms with van der Waals surface area (Å²) >= 11 is 0. The van der Waals surface area contributed by atoms with Crippen LogP contribution in [-0.4, -0.2) is 44.9 Å². The summed E-state index contributed by atoms with van der Waals surface area (Å²) in [6.45, 7) is 38.7. The Morgan fingerprint density at radius 2 is 0.762 bits per heavy atom. The van der Waals surface area contributed by atoms with Gasteiger partial charge in [0.15, 0.2) is 0 Å². The molecule has 0 bridgehead atoms. The molecule has 0 saturated heterocycles. The second kappa shape index (κ2) is 28.7. The van der Waals surface area contributed by atoms with E-state index in [1.807, 2.05) is 0 Å². The van der Waals surface area contributed by atoms with Crippen molar-refractivity contribution in [3.05, 3.63) is 174 Å². The van der Waals surface area contributed by atoms with Gasteiger partial charge in [-0.2, -0.15) is 0 Å². The number of carbonyl (C=O) groups is 1. The van der Waals surface area contributed by atoms with Crippen molar-refractivity contribution in [1.82, 2.24) is 5.32 Å². The van der Waals surface area contributed by atoms with E-state index in [4.69, 9.17) is 4.74 Å². The maximum atomic E-state index is 13.3. The summed E-state index contributed by atoms with van der Waals surface area (Å²) in [5.41, 5.74) is 1.05. The van der Waals surface area contributed by atoms with Crippen LogP contribution in [0.4, 0.5) is 4.79 Å². The summed E-state index contributed by atoms with van der Waals surface area (Å²) in [6.07, 6.45) is 25.1. The smallest absolute Gasteiger partial charge is 0.407 e. The Hall–Kier alpha value is -4.02. The molecule has 0 aromatic heterocycles. The van der Waals surface area contributed by atoms with Gasteiger partial charge >= 0.3 is 6.09 Å². The van der Waals surface area contributed by atoms with Gasteiger partial charge in [-0.3, -0.25) is 0 Å². The van der Waals surface area contributed by atoms with E-state index in [2.05, 4.69) is 174 Å². The Morgan fingerprint density at radius 3 is 1.11 bits per heavy atom. The third kappa shape index (κ3) is 16.8. The van der Waals surface area contributed by atoms with E-state index < -0.39 is 32.3 Å². The number of unbranched alkanes of at least 4 members (excludes halogenated alkanes) is 1. The highest BCUT2D eigenvalue weighted by Crippen LogP contribution is 2.41. The molecule has 0 fully saturated rings. The van der Waals surface area contributed by atoms with Gasteiger partial charge in [0, 0.05) is 12.1 Å². The summed E-state index contributed by atoms with van der Waals surface area (Å²) in [5, 5.41) is 7.70. The topological polar surface area (TPSA) is 38.3 Å². The molecule has 3 aromatic carbocycles. The van der Waals surface area contributed by atoms with Gasteiger partial charge in [0.25, 0.3) is 0 Å². The average molecular weight is 915 g/mol. The van der Waals surface area contributed by atoms with Crippen LogP contribution in [0.15, 0.2) is 168 Å². The monoisotopic (exact) mass is 914 g/mol. The first-order valence-electron chi connectivity index (χ1n) is 23.9. The first-order chi connectivity index (χ1) is 30.6. The van der Waals surface area contributed by atoms with Crippen LogP contribution >= 0.6 is 0 Å². The molecule has 0 radical (unpaired) electrons. The van der Waals surface area contributed by atoms with Crippen molar-refractivity contribution < 1.29 is 9.53 Å². The Morgan fingerprint density at radius 1 is 0.444 bits per heavy atom. The molecular formula is C56H83NO2Si4. The Labute approximate surface area is 388 Å². The Kier molecular flexibility index (Phi) is 24.3. The highest BCUT2D eigenvalue weighted by Gasteiger charge is 2.37. The molecule has 7 heteroatoms. The molecule has 0 saturated carbocycles. The minimum Gasteiger partial charge on any atom is -0.445 e. The number of nitrogens with one attached hydrogen (secondary N) is 1. The largest absolute Gasteiger partial charge is 0.445 e. The van der Waals surface area contributed by atoms with Crippen LogP contribution < -0.4 is 5.32 Å². The highest BCUT2D eigenvalue weighted by atomic mass is 28.3. The minimum atomic E-state index is -1.80. The zero-order chi connectivity index (χ0) is 45.9. The van der Waals surface area contributed by atoms with E-state index in [0.29, 0.717) is 6.54 Å². The zero-order valence-corrected chi connectivity index (χ0v) is 43.3. The van der Waals surface area contributed by atoms with Gasteiger partial charge in [-0.05, 0) is 88.4 Å². The molecule has 0 aliphatic rings. The lowest BCUT2D eigenvalue weighted by Crippen LogP contribution is -2.39. The molecule has 0 aliphatic heterocycles. The molecule has 0 spiro atoms. The van der Waals surface area contributed by atoms with Crippen LogP contribution in [0, 0.1) is 0 Å². The van der Waals surface area contributed by atoms with E-state index in [0.717, 1.165) is 94.3 Å². The predicted octanol–water partition coefficient (Wildman–Crippen LogP) is 17.6. The van der Waals surface area contributed by atoms with Crippen molar-refractivity contribution in [2.45, 2.75) is 135 Å². The number of allylic oxidation sites excluding steroid dienone is 9. The van der Waals surface area contributed by atoms with E-state index in [1.165, 1.54) is 61.6 Å². The third-order valence-corrected chi connectivity index (χ3v) is 34.4. The van der Waals surface area contributed by atoms with Gasteiger partial charge < -0.3 is 10.1 Å². The molecule has 1 amide bonds. The maximum absolute atomic E-state index is 13.3. The minimum absolute atomic E-state index is 0.237. The SMILES string of the molecule is C=CC[Si](CC=C)(CC=C)CCC[Si](CCCCNC(=O)OCc1c2ccccc2cc2ccccc12)(CCC[Si](CC=C)(CC=C)CC=C)CCC[Si](CC=C)(CC=C)CC=C. The lowest BCUT2D eigenvalue weighted by molar-refractivity contribution is 0.140. The van der Waals surface area contributed by atoms with Crippen LogP contribution in [0.5, 0.6) is 0 Å². The van der Waals surface area contributed by atoms with E-state index >= 15 is 0 Å². The van der Waals surface area contributed by atoms with E-state index in [9.17, 15) is 4.79 Å². The highest BCUT2D eigenvalue weighted by molar-refractivity contribution is 6.83. The van der Waals surface area contributed by atoms with Crippen LogP contribution in [0.1, 0.15) is 37.7 Å². The van der Waals surface area contributed by atoms with Crippen molar-refractivity contribution in [2.75, 3.05) is 6.54 Å². The number of carbonyl (C=O) groups excluding carboxylic acids is 1. The Balaban J connectivity index is 1.87. The summed E-state index contributed by atoms with van der Waals surface area (Å²) < 4.78 is 5.93. The fraction of sp³-hybridized carbons (Fsp3) is 0.411. The van der Waals surface area contributed by atoms with E-state index in [1.54, 1.807) is 0 Å². The van der Waals surface area contributed by atoms with Crippen molar-refractivity contribution in [3.63, 3.8) is 0 Å². The lowest BCUT2D eigenvalue weighted by Gasteiger charge is -2.38. The van der Waals surface area contributed by atoms with Gasteiger partial charge in [-0.15, -0.1) is 59.2 Å². The van der Waals surface area contributed by atoms with Crippen LogP contribution in [0.25, 0.3) is 21.5 Å². The maximum Gasteiger partial charge on any atom is 0.407 e. The number of rotatable bonds is 37. The normalized spacial score (nSPS) is 12.0. The number of fused-ring (bicyclic) bond motifs is 2. The molecular weight excluding hydrogens is 831 g/mol. The van der Waals surface area contributed by atoms with Gasteiger partial charge in [0.05, 0.1) is 32.3 Å². The molecule has 0 atom stereocenters. The number of ether oxygens (including phenoxy) is 1. The predicted molar refractivity (Wildman–Crippen MR) is 294 cm³/mol. The summed E-state index contributed by atoms with van der Waals surface area (Å²) in [5.74, 6) is 0. The fourth-order valence-electron chi connectivity index (χ4n) is 11.0. The fourth-order valence-corrected chi connectivity index (χ4v) is 28.9. The van der Waals surface area contributed by atoms with Gasteiger partial charge in [0.1, 0.15) is 6.61 Å². The quantitative estimate of drug-likeness (QED) is 0.0271. The molecule has 0 heterocycles. The average Bonchev–Trinajstić information content (AvgIpc) is 3.26. The van der Waals surface area contributed by atoms with Crippen molar-refractivity contribution in [3.8, 4) is 0 Å². The van der Waals surface area contributed by atoms with Crippen molar-refractivity contribution in [1.29, 1.82) is 0 Å². The summed E-state index contributed by atoms with van der Waals surface area (Å²) in [6, 6.07) is 38.3. The summed E-state index contributed by atoms with van der Waals surface area (Å²) in [4.78, 5) is 13.3. The Bertz CT molecular complexity index is 1720. The molecule has 0 aliphatic carbocycles.